The summed E-state index contributed by atoms with van der Waals surface area (Å²) in [7, 11) is 0. The quantitative estimate of drug-likeness (QED) is 0.763. The number of H-pyrrole nitrogens is 1. The monoisotopic (exact) mass is 235 g/mol. The molecule has 4 heteroatoms. The number of benzene rings is 1. The van der Waals surface area contributed by atoms with Crippen molar-refractivity contribution in [1.29, 1.82) is 5.26 Å². The van der Waals surface area contributed by atoms with Gasteiger partial charge in [0.1, 0.15) is 11.6 Å². The molecule has 0 fully saturated rings. The van der Waals surface area contributed by atoms with Gasteiger partial charge >= 0.3 is 0 Å². The fraction of sp³-hybridized carbons (Fsp3) is 0.111. The van der Waals surface area contributed by atoms with Crippen molar-refractivity contribution in [3.8, 4) is 6.07 Å². The molecule has 2 rings (SSSR count). The summed E-state index contributed by atoms with van der Waals surface area (Å²) in [6.07, 6.45) is 0. The number of aromatic nitrogens is 2. The minimum atomic E-state index is 0.608. The first kappa shape index (κ1) is 8.27. The van der Waals surface area contributed by atoms with Gasteiger partial charge < -0.3 is 4.98 Å². The minimum absolute atomic E-state index is 0.608. The van der Waals surface area contributed by atoms with Crippen LogP contribution >= 0.6 is 15.9 Å². The van der Waals surface area contributed by atoms with Crippen LogP contribution in [0.15, 0.2) is 16.9 Å². The molecule has 0 bridgehead atoms. The van der Waals surface area contributed by atoms with Crippen LogP contribution in [0, 0.1) is 18.3 Å². The van der Waals surface area contributed by atoms with Gasteiger partial charge in [-0.05, 0) is 40.5 Å². The van der Waals surface area contributed by atoms with Gasteiger partial charge in [0.25, 0.3) is 0 Å². The van der Waals surface area contributed by atoms with Gasteiger partial charge in [0, 0.05) is 0 Å². The summed E-state index contributed by atoms with van der Waals surface area (Å²) in [5, 5.41) is 8.85. The fourth-order valence-corrected chi connectivity index (χ4v) is 1.71. The Hall–Kier alpha value is -1.34. The topological polar surface area (TPSA) is 52.5 Å². The molecule has 2 aromatic rings. The zero-order chi connectivity index (χ0) is 9.42. The number of imidazole rings is 1. The van der Waals surface area contributed by atoms with Crippen LogP contribution in [0.25, 0.3) is 11.0 Å². The lowest BCUT2D eigenvalue weighted by atomic mass is 10.1. The van der Waals surface area contributed by atoms with Crippen molar-refractivity contribution >= 4 is 27.0 Å². The van der Waals surface area contributed by atoms with Crippen LogP contribution in [0.4, 0.5) is 0 Å². The Morgan fingerprint density at radius 2 is 2.31 bits per heavy atom. The number of nitriles is 1. The summed E-state index contributed by atoms with van der Waals surface area (Å²) < 4.78 is 0.657. The number of aromatic amines is 1. The second kappa shape index (κ2) is 2.86. The summed E-state index contributed by atoms with van der Waals surface area (Å²) in [5.41, 5.74) is 3.28. The molecule has 0 aliphatic rings. The maximum absolute atomic E-state index is 8.85. The second-order valence-electron chi connectivity index (χ2n) is 2.85. The molecular weight excluding hydrogens is 230 g/mol. The first-order valence-electron chi connectivity index (χ1n) is 3.76. The molecule has 0 saturated carbocycles. The van der Waals surface area contributed by atoms with E-state index in [1.165, 1.54) is 0 Å². The molecule has 1 heterocycles. The molecule has 0 spiro atoms. The SMILES string of the molecule is Cc1cc(C#N)c2nc(Br)[nH]c2c1. The zero-order valence-electron chi connectivity index (χ0n) is 6.93. The van der Waals surface area contributed by atoms with Gasteiger partial charge in [0.15, 0.2) is 4.73 Å². The van der Waals surface area contributed by atoms with Crippen LogP contribution in [-0.2, 0) is 0 Å². The second-order valence-corrected chi connectivity index (χ2v) is 3.60. The van der Waals surface area contributed by atoms with Gasteiger partial charge in [-0.2, -0.15) is 5.26 Å². The van der Waals surface area contributed by atoms with E-state index in [2.05, 4.69) is 32.0 Å². The largest absolute Gasteiger partial charge is 0.332 e. The number of fused-ring (bicyclic) bond motifs is 1. The average Bonchev–Trinajstić information content (AvgIpc) is 2.43. The first-order valence-corrected chi connectivity index (χ1v) is 4.56. The first-order chi connectivity index (χ1) is 6.20. The highest BCUT2D eigenvalue weighted by Crippen LogP contribution is 2.20. The number of nitrogens with zero attached hydrogens (tertiary/aromatic N) is 2. The van der Waals surface area contributed by atoms with Gasteiger partial charge in [-0.3, -0.25) is 0 Å². The molecule has 0 amide bonds. The molecule has 0 radical (unpaired) electrons. The van der Waals surface area contributed by atoms with Crippen molar-refractivity contribution in [2.24, 2.45) is 0 Å². The van der Waals surface area contributed by atoms with E-state index in [1.807, 2.05) is 19.1 Å². The lowest BCUT2D eigenvalue weighted by Crippen LogP contribution is -1.80. The molecule has 0 aliphatic heterocycles. The van der Waals surface area contributed by atoms with Gasteiger partial charge in [-0.1, -0.05) is 0 Å². The Morgan fingerprint density at radius 3 is 3.00 bits per heavy atom. The van der Waals surface area contributed by atoms with Gasteiger partial charge in [0.2, 0.25) is 0 Å². The Morgan fingerprint density at radius 1 is 1.54 bits per heavy atom. The van der Waals surface area contributed by atoms with Crippen LogP contribution in [0.2, 0.25) is 0 Å². The Balaban J connectivity index is 2.90. The molecule has 1 N–H and O–H groups in total. The van der Waals surface area contributed by atoms with Gasteiger partial charge in [-0.15, -0.1) is 0 Å². The Kier molecular flexibility index (Phi) is 1.82. The van der Waals surface area contributed by atoms with Crippen LogP contribution < -0.4 is 0 Å². The third kappa shape index (κ3) is 1.31. The van der Waals surface area contributed by atoms with E-state index >= 15 is 0 Å². The smallest absolute Gasteiger partial charge is 0.175 e. The van der Waals surface area contributed by atoms with E-state index in [4.69, 9.17) is 5.26 Å². The van der Waals surface area contributed by atoms with Gasteiger partial charge in [-0.25, -0.2) is 4.98 Å². The number of halogens is 1. The van der Waals surface area contributed by atoms with Crippen molar-refractivity contribution in [1.82, 2.24) is 9.97 Å². The molecule has 0 aliphatic carbocycles. The Labute approximate surface area is 83.5 Å². The van der Waals surface area contributed by atoms with E-state index in [1.54, 1.807) is 0 Å². The maximum Gasteiger partial charge on any atom is 0.175 e. The van der Waals surface area contributed by atoms with Crippen molar-refractivity contribution in [2.75, 3.05) is 0 Å². The molecule has 0 saturated heterocycles. The number of rotatable bonds is 0. The van der Waals surface area contributed by atoms with Crippen molar-refractivity contribution in [3.63, 3.8) is 0 Å². The summed E-state index contributed by atoms with van der Waals surface area (Å²) in [6, 6.07) is 5.92. The molecule has 0 unspecified atom stereocenters. The fourth-order valence-electron chi connectivity index (χ4n) is 1.32. The standard InChI is InChI=1S/C9H6BrN3/c1-5-2-6(4-11)8-7(3-5)12-9(10)13-8/h2-3H,1H3,(H,12,13). The predicted octanol–water partition coefficient (Wildman–Crippen LogP) is 2.51. The van der Waals surface area contributed by atoms with E-state index in [0.717, 1.165) is 16.6 Å². The van der Waals surface area contributed by atoms with Crippen molar-refractivity contribution in [2.45, 2.75) is 6.92 Å². The molecule has 0 atom stereocenters. The highest BCUT2D eigenvalue weighted by molar-refractivity contribution is 9.10. The number of aryl methyl sites for hydroxylation is 1. The Bertz CT molecular complexity index is 507. The third-order valence-electron chi connectivity index (χ3n) is 1.82. The molecule has 13 heavy (non-hydrogen) atoms. The van der Waals surface area contributed by atoms with Crippen LogP contribution in [0.1, 0.15) is 11.1 Å². The molecular formula is C9H6BrN3. The summed E-state index contributed by atoms with van der Waals surface area (Å²) in [6.45, 7) is 1.95. The number of nitrogens with one attached hydrogen (secondary N) is 1. The predicted molar refractivity (Wildman–Crippen MR) is 53.2 cm³/mol. The summed E-state index contributed by atoms with van der Waals surface area (Å²) in [4.78, 5) is 7.19. The molecule has 3 nitrogen and oxygen atoms in total. The van der Waals surface area contributed by atoms with Crippen LogP contribution in [-0.4, -0.2) is 9.97 Å². The lowest BCUT2D eigenvalue weighted by molar-refractivity contribution is 1.26. The third-order valence-corrected chi connectivity index (χ3v) is 2.20. The highest BCUT2D eigenvalue weighted by atomic mass is 79.9. The zero-order valence-corrected chi connectivity index (χ0v) is 8.51. The van der Waals surface area contributed by atoms with Crippen LogP contribution in [0.3, 0.4) is 0 Å². The van der Waals surface area contributed by atoms with Crippen LogP contribution in [0.5, 0.6) is 0 Å². The summed E-state index contributed by atoms with van der Waals surface area (Å²) >= 11 is 3.24. The molecule has 64 valence electrons. The van der Waals surface area contributed by atoms with E-state index in [0.29, 0.717) is 10.3 Å². The van der Waals surface area contributed by atoms with E-state index in [-0.39, 0.29) is 0 Å². The normalized spacial score (nSPS) is 10.2. The van der Waals surface area contributed by atoms with E-state index < -0.39 is 0 Å². The number of hydrogen-bond donors (Lipinski definition) is 1. The highest BCUT2D eigenvalue weighted by Gasteiger charge is 2.06. The van der Waals surface area contributed by atoms with Crippen molar-refractivity contribution < 1.29 is 0 Å². The van der Waals surface area contributed by atoms with Crippen molar-refractivity contribution in [3.05, 3.63) is 28.0 Å². The average molecular weight is 236 g/mol. The van der Waals surface area contributed by atoms with Gasteiger partial charge in [0.05, 0.1) is 11.1 Å². The maximum atomic E-state index is 8.85. The minimum Gasteiger partial charge on any atom is -0.332 e. The van der Waals surface area contributed by atoms with E-state index in [9.17, 15) is 0 Å². The number of hydrogen-bond acceptors (Lipinski definition) is 2. The summed E-state index contributed by atoms with van der Waals surface area (Å²) in [5.74, 6) is 0. The lowest BCUT2D eigenvalue weighted by Gasteiger charge is -1.94. The molecule has 1 aromatic carbocycles. The molecule has 1 aromatic heterocycles.